The number of nitrogens with zero attached hydrogens (tertiary/aromatic N) is 3. The van der Waals surface area contributed by atoms with Gasteiger partial charge in [0.25, 0.3) is 0 Å². The third-order valence-electron chi connectivity index (χ3n) is 4.19. The predicted octanol–water partition coefficient (Wildman–Crippen LogP) is 2.98. The zero-order valence-corrected chi connectivity index (χ0v) is 15.7. The van der Waals surface area contributed by atoms with Crippen LogP contribution in [0.15, 0.2) is 41.6 Å². The van der Waals surface area contributed by atoms with Gasteiger partial charge in [0.1, 0.15) is 4.90 Å². The van der Waals surface area contributed by atoms with Crippen molar-refractivity contribution in [2.75, 3.05) is 24.5 Å². The van der Waals surface area contributed by atoms with Crippen molar-refractivity contribution < 1.29 is 8.42 Å². The normalized spacial score (nSPS) is 16.2. The quantitative estimate of drug-likeness (QED) is 0.834. The van der Waals surface area contributed by atoms with Crippen LogP contribution in [-0.2, 0) is 10.0 Å². The van der Waals surface area contributed by atoms with Crippen molar-refractivity contribution in [2.45, 2.75) is 17.7 Å². The summed E-state index contributed by atoms with van der Waals surface area (Å²) in [6.45, 7) is 1.97. The lowest BCUT2D eigenvalue weighted by Gasteiger charge is -2.31. The molecule has 2 heterocycles. The average molecular weight is 401 g/mol. The van der Waals surface area contributed by atoms with E-state index in [4.69, 9.17) is 23.2 Å². The van der Waals surface area contributed by atoms with Crippen molar-refractivity contribution in [1.82, 2.24) is 14.7 Å². The molecule has 3 rings (SSSR count). The monoisotopic (exact) mass is 400 g/mol. The molecule has 1 aliphatic rings. The van der Waals surface area contributed by atoms with Gasteiger partial charge < -0.3 is 4.90 Å². The van der Waals surface area contributed by atoms with E-state index >= 15 is 0 Å². The first-order valence-corrected chi connectivity index (χ1v) is 10.2. The number of hydrogen-bond acceptors (Lipinski definition) is 5. The molecule has 0 aliphatic carbocycles. The largest absolute Gasteiger partial charge is 0.341 e. The second kappa shape index (κ2) is 7.86. The molecule has 0 radical (unpaired) electrons. The molecule has 0 bridgehead atoms. The Hall–Kier alpha value is -1.41. The summed E-state index contributed by atoms with van der Waals surface area (Å²) in [7, 11) is -3.68. The fourth-order valence-electron chi connectivity index (χ4n) is 2.78. The highest BCUT2D eigenvalue weighted by molar-refractivity contribution is 7.89. The second-order valence-electron chi connectivity index (χ2n) is 5.91. The van der Waals surface area contributed by atoms with Gasteiger partial charge in [-0.15, -0.1) is 0 Å². The summed E-state index contributed by atoms with van der Waals surface area (Å²) >= 11 is 11.9. The predicted molar refractivity (Wildman–Crippen MR) is 98.6 cm³/mol. The van der Waals surface area contributed by atoms with Crippen LogP contribution in [0.1, 0.15) is 12.8 Å². The Kier molecular flexibility index (Phi) is 5.78. The van der Waals surface area contributed by atoms with Crippen LogP contribution in [0.2, 0.25) is 10.0 Å². The molecule has 6 nitrogen and oxygen atoms in total. The van der Waals surface area contributed by atoms with Crippen molar-refractivity contribution in [3.8, 4) is 0 Å². The molecule has 1 aromatic carbocycles. The highest BCUT2D eigenvalue weighted by Crippen LogP contribution is 2.25. The van der Waals surface area contributed by atoms with Crippen molar-refractivity contribution in [3.05, 3.63) is 46.7 Å². The first-order chi connectivity index (χ1) is 12.0. The number of hydrogen-bond donors (Lipinski definition) is 1. The molecule has 1 aliphatic heterocycles. The Balaban J connectivity index is 1.57. The molecular weight excluding hydrogens is 383 g/mol. The van der Waals surface area contributed by atoms with Crippen LogP contribution >= 0.6 is 23.2 Å². The fraction of sp³-hybridized carbons (Fsp3) is 0.375. The maximum absolute atomic E-state index is 12.4. The third-order valence-corrected chi connectivity index (χ3v) is 6.33. The van der Waals surface area contributed by atoms with Crippen LogP contribution in [0.25, 0.3) is 0 Å². The number of aromatic nitrogens is 2. The van der Waals surface area contributed by atoms with E-state index in [2.05, 4.69) is 19.6 Å². The molecule has 25 heavy (non-hydrogen) atoms. The van der Waals surface area contributed by atoms with Crippen LogP contribution in [0, 0.1) is 5.92 Å². The van der Waals surface area contributed by atoms with E-state index in [9.17, 15) is 8.42 Å². The average Bonchev–Trinajstić information content (AvgIpc) is 2.63. The number of piperidine rings is 1. The Labute approximate surface area is 157 Å². The molecule has 0 atom stereocenters. The minimum absolute atomic E-state index is 0.0109. The fourth-order valence-corrected chi connectivity index (χ4v) is 4.66. The molecule has 9 heteroatoms. The molecule has 0 spiro atoms. The summed E-state index contributed by atoms with van der Waals surface area (Å²) in [5.74, 6) is 0.972. The zero-order valence-electron chi connectivity index (χ0n) is 13.4. The van der Waals surface area contributed by atoms with Gasteiger partial charge in [-0.3, -0.25) is 0 Å². The van der Waals surface area contributed by atoms with Crippen LogP contribution in [0.4, 0.5) is 5.95 Å². The molecule has 1 N–H and O–H groups in total. The molecule has 1 aromatic heterocycles. The van der Waals surface area contributed by atoms with Crippen LogP contribution in [-0.4, -0.2) is 38.0 Å². The summed E-state index contributed by atoms with van der Waals surface area (Å²) in [4.78, 5) is 10.6. The lowest BCUT2D eigenvalue weighted by Crippen LogP contribution is -2.39. The molecule has 0 saturated carbocycles. The summed E-state index contributed by atoms with van der Waals surface area (Å²) in [6, 6.07) is 6.19. The first kappa shape index (κ1) is 18.4. The number of anilines is 1. The lowest BCUT2D eigenvalue weighted by atomic mass is 9.97. The number of nitrogens with one attached hydrogen (secondary N) is 1. The van der Waals surface area contributed by atoms with Gasteiger partial charge in [0.2, 0.25) is 16.0 Å². The Bertz CT molecular complexity index is 825. The van der Waals surface area contributed by atoms with Gasteiger partial charge >= 0.3 is 0 Å². The van der Waals surface area contributed by atoms with E-state index in [0.717, 1.165) is 25.9 Å². The van der Waals surface area contributed by atoms with E-state index in [1.54, 1.807) is 24.5 Å². The number of rotatable bonds is 5. The Morgan fingerprint density at radius 1 is 1.16 bits per heavy atom. The van der Waals surface area contributed by atoms with Crippen LogP contribution in [0.5, 0.6) is 0 Å². The molecule has 1 saturated heterocycles. The number of sulfonamides is 1. The molecular formula is C16H18Cl2N4O2S. The van der Waals surface area contributed by atoms with Gasteiger partial charge in [0, 0.05) is 37.1 Å². The first-order valence-electron chi connectivity index (χ1n) is 7.92. The molecule has 0 amide bonds. The van der Waals surface area contributed by atoms with E-state index in [-0.39, 0.29) is 15.8 Å². The van der Waals surface area contributed by atoms with Gasteiger partial charge in [-0.05, 0) is 43.0 Å². The highest BCUT2D eigenvalue weighted by Gasteiger charge is 2.24. The third kappa shape index (κ3) is 4.61. The minimum atomic E-state index is -3.68. The lowest BCUT2D eigenvalue weighted by molar-refractivity contribution is 0.399. The minimum Gasteiger partial charge on any atom is -0.341 e. The van der Waals surface area contributed by atoms with Gasteiger partial charge in [-0.1, -0.05) is 23.2 Å². The van der Waals surface area contributed by atoms with E-state index in [1.807, 2.05) is 0 Å². The number of benzene rings is 1. The molecule has 0 unspecified atom stereocenters. The Morgan fingerprint density at radius 2 is 1.84 bits per heavy atom. The van der Waals surface area contributed by atoms with Crippen molar-refractivity contribution in [2.24, 2.45) is 5.92 Å². The van der Waals surface area contributed by atoms with E-state index in [1.165, 1.54) is 12.1 Å². The van der Waals surface area contributed by atoms with Crippen LogP contribution < -0.4 is 9.62 Å². The van der Waals surface area contributed by atoms with E-state index < -0.39 is 10.0 Å². The van der Waals surface area contributed by atoms with E-state index in [0.29, 0.717) is 17.5 Å². The second-order valence-corrected chi connectivity index (χ2v) is 8.48. The summed E-state index contributed by atoms with van der Waals surface area (Å²) in [5, 5.41) is 0.494. The Morgan fingerprint density at radius 3 is 2.52 bits per heavy atom. The summed E-state index contributed by atoms with van der Waals surface area (Å²) in [5.41, 5.74) is 0. The molecule has 134 valence electrons. The number of halogens is 2. The van der Waals surface area contributed by atoms with Crippen molar-refractivity contribution in [3.63, 3.8) is 0 Å². The van der Waals surface area contributed by atoms with Gasteiger partial charge in [0.15, 0.2) is 0 Å². The zero-order chi connectivity index (χ0) is 17.9. The maximum atomic E-state index is 12.4. The summed E-state index contributed by atoms with van der Waals surface area (Å²) in [6.07, 6.45) is 5.17. The van der Waals surface area contributed by atoms with Gasteiger partial charge in [-0.2, -0.15) is 0 Å². The SMILES string of the molecule is O=S(=O)(NCC1CCN(c2ncccn2)CC1)c1cc(Cl)ccc1Cl. The highest BCUT2D eigenvalue weighted by atomic mass is 35.5. The van der Waals surface area contributed by atoms with Gasteiger partial charge in [0.05, 0.1) is 5.02 Å². The van der Waals surface area contributed by atoms with Crippen molar-refractivity contribution >= 4 is 39.2 Å². The molecule has 1 fully saturated rings. The standard InChI is InChI=1S/C16H18Cl2N4O2S/c17-13-2-3-14(18)15(10-13)25(23,24)21-11-12-4-8-22(9-5-12)16-19-6-1-7-20-16/h1-3,6-7,10,12,21H,4-5,8-9,11H2. The topological polar surface area (TPSA) is 75.2 Å². The van der Waals surface area contributed by atoms with Crippen molar-refractivity contribution in [1.29, 1.82) is 0 Å². The summed E-state index contributed by atoms with van der Waals surface area (Å²) < 4.78 is 27.5. The smallest absolute Gasteiger partial charge is 0.242 e. The van der Waals surface area contributed by atoms with Gasteiger partial charge in [-0.25, -0.2) is 23.1 Å². The molecule has 2 aromatic rings. The maximum Gasteiger partial charge on any atom is 0.242 e. The van der Waals surface area contributed by atoms with Crippen LogP contribution in [0.3, 0.4) is 0 Å².